The molecule has 21 heavy (non-hydrogen) atoms. The highest BCUT2D eigenvalue weighted by Crippen LogP contribution is 2.23. The summed E-state index contributed by atoms with van der Waals surface area (Å²) in [5.41, 5.74) is 2.12. The number of benzene rings is 2. The van der Waals surface area contributed by atoms with Crippen LogP contribution in [0.5, 0.6) is 0 Å². The molecule has 102 valence electrons. The summed E-state index contributed by atoms with van der Waals surface area (Å²) in [7, 11) is 0. The molecule has 3 rings (SSSR count). The molecule has 3 aromatic rings. The molecule has 2 aromatic carbocycles. The maximum atomic E-state index is 4.45. The monoisotopic (exact) mass is 273 g/mol. The van der Waals surface area contributed by atoms with Gasteiger partial charge in [0.15, 0.2) is 5.82 Å². The van der Waals surface area contributed by atoms with Crippen molar-refractivity contribution in [2.75, 3.05) is 4.90 Å². The van der Waals surface area contributed by atoms with E-state index in [0.717, 1.165) is 11.4 Å². The molecule has 0 amide bonds. The number of nitrogens with zero attached hydrogens (tertiary/aromatic N) is 3. The second-order valence-corrected chi connectivity index (χ2v) is 4.47. The number of aliphatic imine (C=N–C) groups is 1. The average Bonchev–Trinajstić information content (AvgIpc) is 2.58. The number of aromatic nitrogens is 1. The molecular weight excluding hydrogens is 258 g/mol. The van der Waals surface area contributed by atoms with Crippen molar-refractivity contribution in [3.8, 4) is 0 Å². The quantitative estimate of drug-likeness (QED) is 0.514. The van der Waals surface area contributed by atoms with Crippen LogP contribution in [0.25, 0.3) is 0 Å². The topological polar surface area (TPSA) is 28.5 Å². The van der Waals surface area contributed by atoms with E-state index >= 15 is 0 Å². The molecule has 0 radical (unpaired) electrons. The van der Waals surface area contributed by atoms with E-state index in [4.69, 9.17) is 0 Å². The van der Waals surface area contributed by atoms with Gasteiger partial charge in [-0.1, -0.05) is 42.5 Å². The van der Waals surface area contributed by atoms with Crippen LogP contribution in [0.3, 0.4) is 0 Å². The summed E-state index contributed by atoms with van der Waals surface area (Å²) in [6.45, 7) is 0. The Kier molecular flexibility index (Phi) is 4.03. The Morgan fingerprint density at radius 3 is 1.81 bits per heavy atom. The average molecular weight is 273 g/mol. The molecule has 1 aromatic heterocycles. The third-order valence-electron chi connectivity index (χ3n) is 3.02. The Labute approximate surface area is 124 Å². The van der Waals surface area contributed by atoms with Crippen LogP contribution in [0.15, 0.2) is 90.1 Å². The first kappa shape index (κ1) is 13.1. The Morgan fingerprint density at radius 1 is 0.714 bits per heavy atom. The largest absolute Gasteiger partial charge is 0.301 e. The fourth-order valence-corrected chi connectivity index (χ4v) is 2.01. The lowest BCUT2D eigenvalue weighted by Crippen LogP contribution is -2.13. The highest BCUT2D eigenvalue weighted by molar-refractivity contribution is 5.90. The molecule has 3 heteroatoms. The van der Waals surface area contributed by atoms with Gasteiger partial charge in [-0.3, -0.25) is 0 Å². The van der Waals surface area contributed by atoms with Crippen molar-refractivity contribution in [2.24, 2.45) is 4.99 Å². The zero-order chi connectivity index (χ0) is 14.3. The SMILES string of the molecule is C(=Nc1ccccn1)N(c1ccccc1)c1ccccc1. The fraction of sp³-hybridized carbons (Fsp3) is 0. The van der Waals surface area contributed by atoms with Crippen molar-refractivity contribution in [1.29, 1.82) is 0 Å². The van der Waals surface area contributed by atoms with Gasteiger partial charge in [0.1, 0.15) is 6.34 Å². The smallest absolute Gasteiger partial charge is 0.153 e. The van der Waals surface area contributed by atoms with E-state index < -0.39 is 0 Å². The summed E-state index contributed by atoms with van der Waals surface area (Å²) in [4.78, 5) is 10.7. The van der Waals surface area contributed by atoms with E-state index in [-0.39, 0.29) is 0 Å². The maximum Gasteiger partial charge on any atom is 0.153 e. The summed E-state index contributed by atoms with van der Waals surface area (Å²) >= 11 is 0. The summed E-state index contributed by atoms with van der Waals surface area (Å²) in [6.07, 6.45) is 3.54. The molecule has 0 fully saturated rings. The Hall–Kier alpha value is -2.94. The predicted octanol–water partition coefficient (Wildman–Crippen LogP) is 4.58. The Balaban J connectivity index is 1.96. The number of para-hydroxylation sites is 2. The lowest BCUT2D eigenvalue weighted by atomic mass is 10.2. The van der Waals surface area contributed by atoms with Crippen molar-refractivity contribution < 1.29 is 0 Å². The van der Waals surface area contributed by atoms with Gasteiger partial charge in [0, 0.05) is 17.6 Å². The summed E-state index contributed by atoms with van der Waals surface area (Å²) in [5.74, 6) is 0.689. The molecule has 0 saturated carbocycles. The van der Waals surface area contributed by atoms with Crippen LogP contribution in [0.2, 0.25) is 0 Å². The number of rotatable bonds is 4. The maximum absolute atomic E-state index is 4.45. The zero-order valence-electron chi connectivity index (χ0n) is 11.5. The van der Waals surface area contributed by atoms with Gasteiger partial charge in [-0.25, -0.2) is 9.98 Å². The van der Waals surface area contributed by atoms with Gasteiger partial charge < -0.3 is 4.90 Å². The lowest BCUT2D eigenvalue weighted by Gasteiger charge is -2.19. The molecule has 0 bridgehead atoms. The number of hydrogen-bond acceptors (Lipinski definition) is 2. The van der Waals surface area contributed by atoms with Gasteiger partial charge in [-0.05, 0) is 36.4 Å². The standard InChI is InChI=1S/C18H15N3/c1-3-9-16(10-4-1)21(17-11-5-2-6-12-17)15-20-18-13-7-8-14-19-18/h1-15H. The van der Waals surface area contributed by atoms with E-state index in [1.54, 1.807) is 12.5 Å². The normalized spacial score (nSPS) is 10.7. The van der Waals surface area contributed by atoms with E-state index in [2.05, 4.69) is 34.2 Å². The molecule has 0 aliphatic heterocycles. The molecular formula is C18H15N3. The molecule has 0 atom stereocenters. The van der Waals surface area contributed by atoms with E-state index in [0.29, 0.717) is 5.82 Å². The van der Waals surface area contributed by atoms with Crippen molar-refractivity contribution in [1.82, 2.24) is 4.98 Å². The minimum atomic E-state index is 0.689. The minimum Gasteiger partial charge on any atom is -0.301 e. The summed E-state index contributed by atoms with van der Waals surface area (Å²) in [6, 6.07) is 26.0. The summed E-state index contributed by atoms with van der Waals surface area (Å²) in [5, 5.41) is 0. The Bertz CT molecular complexity index is 655. The fourth-order valence-electron chi connectivity index (χ4n) is 2.01. The van der Waals surface area contributed by atoms with Crippen LogP contribution in [0, 0.1) is 0 Å². The highest BCUT2D eigenvalue weighted by Gasteiger charge is 2.05. The van der Waals surface area contributed by atoms with Gasteiger partial charge in [-0.15, -0.1) is 0 Å². The molecule has 0 N–H and O–H groups in total. The van der Waals surface area contributed by atoms with E-state index in [1.165, 1.54) is 0 Å². The predicted molar refractivity (Wildman–Crippen MR) is 87.4 cm³/mol. The lowest BCUT2D eigenvalue weighted by molar-refractivity contribution is 1.26. The van der Waals surface area contributed by atoms with E-state index in [9.17, 15) is 0 Å². The molecule has 0 aliphatic carbocycles. The van der Waals surface area contributed by atoms with E-state index in [1.807, 2.05) is 59.5 Å². The van der Waals surface area contributed by atoms with Gasteiger partial charge in [0.05, 0.1) is 0 Å². The van der Waals surface area contributed by atoms with Crippen LogP contribution < -0.4 is 4.90 Å². The van der Waals surface area contributed by atoms with Gasteiger partial charge in [-0.2, -0.15) is 0 Å². The number of anilines is 2. The third kappa shape index (κ3) is 3.34. The van der Waals surface area contributed by atoms with Gasteiger partial charge in [0.2, 0.25) is 0 Å². The molecule has 0 saturated heterocycles. The van der Waals surface area contributed by atoms with Crippen molar-refractivity contribution in [3.05, 3.63) is 85.1 Å². The molecule has 0 unspecified atom stereocenters. The number of pyridine rings is 1. The zero-order valence-corrected chi connectivity index (χ0v) is 11.5. The van der Waals surface area contributed by atoms with Crippen molar-refractivity contribution in [2.45, 2.75) is 0 Å². The summed E-state index contributed by atoms with van der Waals surface area (Å²) < 4.78 is 0. The molecule has 0 aliphatic rings. The van der Waals surface area contributed by atoms with Crippen LogP contribution >= 0.6 is 0 Å². The van der Waals surface area contributed by atoms with Crippen LogP contribution in [-0.2, 0) is 0 Å². The first-order valence-corrected chi connectivity index (χ1v) is 6.78. The van der Waals surface area contributed by atoms with Crippen molar-refractivity contribution in [3.63, 3.8) is 0 Å². The van der Waals surface area contributed by atoms with Gasteiger partial charge in [0.25, 0.3) is 0 Å². The molecule has 0 spiro atoms. The second kappa shape index (κ2) is 6.48. The molecule has 3 nitrogen and oxygen atoms in total. The highest BCUT2D eigenvalue weighted by atomic mass is 15.2. The first-order valence-electron chi connectivity index (χ1n) is 6.78. The van der Waals surface area contributed by atoms with Crippen LogP contribution in [-0.4, -0.2) is 11.3 Å². The minimum absolute atomic E-state index is 0.689. The van der Waals surface area contributed by atoms with Crippen molar-refractivity contribution >= 4 is 23.5 Å². The van der Waals surface area contributed by atoms with Gasteiger partial charge >= 0.3 is 0 Å². The first-order chi connectivity index (χ1) is 10.4. The second-order valence-electron chi connectivity index (χ2n) is 4.47. The van der Waals surface area contributed by atoms with Crippen LogP contribution in [0.1, 0.15) is 0 Å². The number of hydrogen-bond donors (Lipinski definition) is 0. The third-order valence-corrected chi connectivity index (χ3v) is 3.02. The van der Waals surface area contributed by atoms with Crippen LogP contribution in [0.4, 0.5) is 17.2 Å². The Morgan fingerprint density at radius 2 is 1.29 bits per heavy atom. The molecule has 1 heterocycles.